The Morgan fingerprint density at radius 1 is 0.882 bits per heavy atom. The summed E-state index contributed by atoms with van der Waals surface area (Å²) < 4.78 is 55.9. The SMILES string of the molecule is COc1ccc(Sc2nc(N)nc3c2ncn3CCOCP(=O)(OOCOC(=O)OC2CCCCC2)OOCOC(=O)OC2CCCCC2)cc1. The molecule has 3 aromatic rings. The van der Waals surface area contributed by atoms with Gasteiger partial charge in [0.1, 0.15) is 28.5 Å². The maximum absolute atomic E-state index is 13.4. The fourth-order valence-electron chi connectivity index (χ4n) is 5.37. The van der Waals surface area contributed by atoms with Crippen LogP contribution in [0.25, 0.3) is 11.2 Å². The molecule has 20 heteroatoms. The molecule has 2 saturated carbocycles. The number of rotatable bonds is 18. The monoisotopic (exact) mass is 755 g/mol. The molecule has 2 fully saturated rings. The average Bonchev–Trinajstić information content (AvgIpc) is 3.54. The zero-order valence-corrected chi connectivity index (χ0v) is 29.9. The maximum Gasteiger partial charge on any atom is 0.510 e. The van der Waals surface area contributed by atoms with Crippen LogP contribution in [0.2, 0.25) is 0 Å². The maximum atomic E-state index is 13.4. The molecule has 280 valence electrons. The van der Waals surface area contributed by atoms with Gasteiger partial charge < -0.3 is 38.7 Å². The van der Waals surface area contributed by atoms with Gasteiger partial charge in [0, 0.05) is 11.4 Å². The minimum Gasteiger partial charge on any atom is -0.497 e. The Labute approximate surface area is 298 Å². The Balaban J connectivity index is 1.12. The number of fused-ring (bicyclic) bond motifs is 1. The number of nitrogens with zero attached hydrogens (tertiary/aromatic N) is 4. The van der Waals surface area contributed by atoms with Gasteiger partial charge in [-0.1, -0.05) is 24.6 Å². The quantitative estimate of drug-likeness (QED) is 0.0278. The lowest BCUT2D eigenvalue weighted by Crippen LogP contribution is -2.22. The van der Waals surface area contributed by atoms with E-state index in [9.17, 15) is 14.2 Å². The van der Waals surface area contributed by atoms with Crippen molar-refractivity contribution >= 4 is 48.8 Å². The van der Waals surface area contributed by atoms with Crippen molar-refractivity contribution in [3.05, 3.63) is 30.6 Å². The van der Waals surface area contributed by atoms with Crippen LogP contribution in [-0.2, 0) is 53.9 Å². The first-order chi connectivity index (χ1) is 24.8. The second-order valence-corrected chi connectivity index (χ2v) is 14.4. The molecule has 1 aromatic carbocycles. The Morgan fingerprint density at radius 3 is 2.04 bits per heavy atom. The number of imidazole rings is 1. The highest BCUT2D eigenvalue weighted by Gasteiger charge is 2.30. The van der Waals surface area contributed by atoms with E-state index in [2.05, 4.69) is 15.0 Å². The summed E-state index contributed by atoms with van der Waals surface area (Å²) in [4.78, 5) is 47.7. The molecular formula is C31H42N5O13PS. The number of hydrogen-bond acceptors (Lipinski definition) is 18. The van der Waals surface area contributed by atoms with Crippen LogP contribution < -0.4 is 10.5 Å². The van der Waals surface area contributed by atoms with Crippen LogP contribution in [0, 0.1) is 0 Å². The van der Waals surface area contributed by atoms with E-state index >= 15 is 0 Å². The van der Waals surface area contributed by atoms with Crippen molar-refractivity contribution in [2.45, 2.75) is 92.9 Å². The van der Waals surface area contributed by atoms with Gasteiger partial charge in [0.2, 0.25) is 19.5 Å². The Bertz CT molecular complexity index is 1560. The van der Waals surface area contributed by atoms with Crippen LogP contribution in [0.5, 0.6) is 5.75 Å². The van der Waals surface area contributed by atoms with Crippen molar-refractivity contribution in [1.82, 2.24) is 19.5 Å². The lowest BCUT2D eigenvalue weighted by molar-refractivity contribution is -0.308. The second kappa shape index (κ2) is 19.8. The molecule has 0 saturated heterocycles. The molecule has 51 heavy (non-hydrogen) atoms. The van der Waals surface area contributed by atoms with Gasteiger partial charge in [-0.05, 0) is 75.6 Å². The van der Waals surface area contributed by atoms with Crippen LogP contribution in [0.1, 0.15) is 64.2 Å². The van der Waals surface area contributed by atoms with Crippen LogP contribution in [0.4, 0.5) is 15.5 Å². The summed E-state index contributed by atoms with van der Waals surface area (Å²) in [6.07, 6.45) is 7.52. The molecular weight excluding hydrogens is 713 g/mol. The van der Waals surface area contributed by atoms with Crippen LogP contribution >= 0.6 is 19.4 Å². The second-order valence-electron chi connectivity index (χ2n) is 11.6. The summed E-state index contributed by atoms with van der Waals surface area (Å²) in [5, 5.41) is 0.553. The van der Waals surface area contributed by atoms with Gasteiger partial charge in [0.15, 0.2) is 12.0 Å². The van der Waals surface area contributed by atoms with Gasteiger partial charge in [-0.25, -0.2) is 19.6 Å². The van der Waals surface area contributed by atoms with Gasteiger partial charge >= 0.3 is 19.9 Å². The van der Waals surface area contributed by atoms with Gasteiger partial charge in [-0.2, -0.15) is 14.8 Å². The smallest absolute Gasteiger partial charge is 0.497 e. The minimum atomic E-state index is -4.34. The molecule has 0 bridgehead atoms. The first kappa shape index (κ1) is 38.5. The number of carbonyl (C=O) groups excluding carboxylic acids is 2. The lowest BCUT2D eigenvalue weighted by atomic mass is 9.98. The van der Waals surface area contributed by atoms with Gasteiger partial charge in [-0.15, -0.1) is 9.35 Å². The highest BCUT2D eigenvalue weighted by Crippen LogP contribution is 2.48. The Morgan fingerprint density at radius 2 is 1.47 bits per heavy atom. The summed E-state index contributed by atoms with van der Waals surface area (Å²) in [6, 6.07) is 7.44. The molecule has 5 rings (SSSR count). The van der Waals surface area contributed by atoms with Crippen LogP contribution in [0.15, 0.2) is 40.5 Å². The number of aromatic nitrogens is 4. The number of benzene rings is 1. The summed E-state index contributed by atoms with van der Waals surface area (Å²) in [7, 11) is -2.74. The summed E-state index contributed by atoms with van der Waals surface area (Å²) in [5.41, 5.74) is 6.99. The fourth-order valence-corrected chi connectivity index (χ4v) is 7.12. The highest BCUT2D eigenvalue weighted by atomic mass is 32.2. The van der Waals surface area contributed by atoms with E-state index < -0.39 is 39.8 Å². The number of hydrogen-bond donors (Lipinski definition) is 1. The topological polar surface area (TPSA) is 213 Å². The Hall–Kier alpha value is -3.71. The van der Waals surface area contributed by atoms with E-state index in [1.807, 2.05) is 24.3 Å². The predicted molar refractivity (Wildman–Crippen MR) is 178 cm³/mol. The van der Waals surface area contributed by atoms with E-state index in [-0.39, 0.29) is 31.3 Å². The van der Waals surface area contributed by atoms with E-state index in [0.717, 1.165) is 74.9 Å². The number of methoxy groups -OCH3 is 1. The first-order valence-electron chi connectivity index (χ1n) is 16.6. The standard InChI is InChI=1S/C31H42N5O13PS/c1-40-22-12-14-25(15-13-22)51-28-26-27(34-29(32)35-28)36(18-33-26)16-17-41-21-50(39,48-44-19-42-30(37)46-23-8-4-2-5-9-23)49-45-20-43-31(38)47-24-10-6-3-7-11-24/h12-15,18,23-24H,2-11,16-17,19-21H2,1H3,(H2,32,34,35). The summed E-state index contributed by atoms with van der Waals surface area (Å²) >= 11 is 1.36. The van der Waals surface area contributed by atoms with Crippen molar-refractivity contribution < 1.29 is 61.7 Å². The van der Waals surface area contributed by atoms with Gasteiger partial charge in [0.25, 0.3) is 0 Å². The molecule has 2 aliphatic carbocycles. The fraction of sp³-hybridized carbons (Fsp3) is 0.581. The summed E-state index contributed by atoms with van der Waals surface area (Å²) in [5.74, 6) is 0.775. The summed E-state index contributed by atoms with van der Waals surface area (Å²) in [6.45, 7) is -1.35. The molecule has 0 aliphatic heterocycles. The Kier molecular flexibility index (Phi) is 14.9. The highest BCUT2D eigenvalue weighted by molar-refractivity contribution is 7.99. The number of carbonyl (C=O) groups is 2. The molecule has 2 aromatic heterocycles. The van der Waals surface area contributed by atoms with Crippen molar-refractivity contribution in [2.24, 2.45) is 0 Å². The lowest BCUT2D eigenvalue weighted by Gasteiger charge is -2.21. The van der Waals surface area contributed by atoms with E-state index in [0.29, 0.717) is 16.2 Å². The predicted octanol–water partition coefficient (Wildman–Crippen LogP) is 6.52. The molecule has 2 heterocycles. The third-order valence-corrected chi connectivity index (χ3v) is 10.0. The van der Waals surface area contributed by atoms with Crippen molar-refractivity contribution in [3.63, 3.8) is 0 Å². The number of nitrogen functional groups attached to an aromatic ring is 1. The first-order valence-corrected chi connectivity index (χ1v) is 19.1. The van der Waals surface area contributed by atoms with E-state index in [4.69, 9.17) is 53.3 Å². The normalized spacial score (nSPS) is 15.8. The molecule has 2 N–H and O–H groups in total. The van der Waals surface area contributed by atoms with Crippen LogP contribution in [0.3, 0.4) is 0 Å². The zero-order chi connectivity index (χ0) is 35.9. The largest absolute Gasteiger partial charge is 0.510 e. The molecule has 0 atom stereocenters. The number of anilines is 1. The van der Waals surface area contributed by atoms with Gasteiger partial charge in [-0.3, -0.25) is 4.57 Å². The molecule has 0 radical (unpaired) electrons. The minimum absolute atomic E-state index is 0.0263. The molecule has 18 nitrogen and oxygen atoms in total. The van der Waals surface area contributed by atoms with Crippen molar-refractivity contribution in [3.8, 4) is 5.75 Å². The zero-order valence-electron chi connectivity index (χ0n) is 28.2. The van der Waals surface area contributed by atoms with Crippen molar-refractivity contribution in [1.29, 1.82) is 0 Å². The van der Waals surface area contributed by atoms with Crippen molar-refractivity contribution in [2.75, 3.05) is 39.4 Å². The third-order valence-electron chi connectivity index (χ3n) is 7.86. The third kappa shape index (κ3) is 12.5. The molecule has 0 unspecified atom stereocenters. The molecule has 0 spiro atoms. The van der Waals surface area contributed by atoms with Crippen LogP contribution in [-0.4, -0.2) is 77.7 Å². The van der Waals surface area contributed by atoms with E-state index in [1.54, 1.807) is 18.0 Å². The van der Waals surface area contributed by atoms with E-state index in [1.165, 1.54) is 11.8 Å². The molecule has 0 amide bonds. The molecule has 2 aliphatic rings. The van der Waals surface area contributed by atoms with Gasteiger partial charge in [0.05, 0.1) is 20.0 Å². The average molecular weight is 756 g/mol. The number of nitrogens with two attached hydrogens (primary N) is 1. The number of ether oxygens (including phenoxy) is 6.